The number of anilines is 1. The minimum absolute atomic E-state index is 0.357. The molecule has 0 saturated heterocycles. The van der Waals surface area contributed by atoms with Gasteiger partial charge in [0.05, 0.1) is 6.20 Å². The molecule has 78 valence electrons. The van der Waals surface area contributed by atoms with Crippen molar-refractivity contribution in [1.82, 2.24) is 9.97 Å². The normalized spacial score (nSPS) is 10.3. The molecule has 6 heteroatoms. The second-order valence-electron chi connectivity index (χ2n) is 2.78. The summed E-state index contributed by atoms with van der Waals surface area (Å²) in [5, 5.41) is 4.64. The van der Waals surface area contributed by atoms with Crippen LogP contribution < -0.4 is 5.32 Å². The molecule has 0 fully saturated rings. The zero-order chi connectivity index (χ0) is 10.8. The molecule has 3 nitrogen and oxygen atoms in total. The Hall–Kier alpha value is -1.01. The van der Waals surface area contributed by atoms with Crippen LogP contribution in [0.15, 0.2) is 23.1 Å². The van der Waals surface area contributed by atoms with Crippen LogP contribution in [0.4, 0.5) is 9.39 Å². The first kappa shape index (κ1) is 10.5. The van der Waals surface area contributed by atoms with Crippen molar-refractivity contribution in [1.29, 1.82) is 0 Å². The molecule has 0 aliphatic heterocycles. The van der Waals surface area contributed by atoms with Crippen LogP contribution in [0.5, 0.6) is 0 Å². The van der Waals surface area contributed by atoms with Gasteiger partial charge in [-0.05, 0) is 22.0 Å². The minimum Gasteiger partial charge on any atom is -0.378 e. The first-order chi connectivity index (χ1) is 7.20. The monoisotopic (exact) mass is 287 g/mol. The second kappa shape index (κ2) is 4.24. The minimum atomic E-state index is -0.357. The lowest BCUT2D eigenvalue weighted by atomic mass is 10.3. The van der Waals surface area contributed by atoms with Crippen LogP contribution in [0, 0.1) is 5.82 Å². The zero-order valence-corrected chi connectivity index (χ0v) is 10.2. The number of hydrogen-bond acceptors (Lipinski definition) is 4. The molecule has 0 unspecified atom stereocenters. The van der Waals surface area contributed by atoms with Crippen molar-refractivity contribution in [2.45, 2.75) is 0 Å². The van der Waals surface area contributed by atoms with Crippen LogP contribution in [-0.4, -0.2) is 17.0 Å². The van der Waals surface area contributed by atoms with Crippen molar-refractivity contribution < 1.29 is 4.39 Å². The maximum atomic E-state index is 12.9. The Morgan fingerprint density at radius 3 is 2.87 bits per heavy atom. The molecule has 0 amide bonds. The van der Waals surface area contributed by atoms with E-state index < -0.39 is 0 Å². The van der Waals surface area contributed by atoms with Gasteiger partial charge in [-0.2, -0.15) is 0 Å². The van der Waals surface area contributed by atoms with Crippen LogP contribution >= 0.6 is 27.3 Å². The fourth-order valence-corrected chi connectivity index (χ4v) is 2.64. The van der Waals surface area contributed by atoms with Crippen molar-refractivity contribution in [2.24, 2.45) is 0 Å². The quantitative estimate of drug-likeness (QED) is 0.922. The maximum Gasteiger partial charge on any atom is 0.142 e. The van der Waals surface area contributed by atoms with Gasteiger partial charge in [-0.1, -0.05) is 11.3 Å². The number of aromatic nitrogens is 2. The summed E-state index contributed by atoms with van der Waals surface area (Å²) >= 11 is 4.76. The van der Waals surface area contributed by atoms with Gasteiger partial charge in [0.2, 0.25) is 0 Å². The highest BCUT2D eigenvalue weighted by Crippen LogP contribution is 2.34. The molecule has 0 saturated carbocycles. The Balaban J connectivity index is 2.45. The highest BCUT2D eigenvalue weighted by molar-refractivity contribution is 9.10. The van der Waals surface area contributed by atoms with Crippen LogP contribution in [0.1, 0.15) is 0 Å². The van der Waals surface area contributed by atoms with E-state index in [4.69, 9.17) is 0 Å². The molecule has 2 aromatic rings. The maximum absolute atomic E-state index is 12.9. The molecule has 0 atom stereocenters. The molecule has 15 heavy (non-hydrogen) atoms. The fourth-order valence-electron chi connectivity index (χ4n) is 1.11. The van der Waals surface area contributed by atoms with Gasteiger partial charge in [-0.15, -0.1) is 0 Å². The molecule has 0 bridgehead atoms. The second-order valence-corrected chi connectivity index (χ2v) is 4.53. The predicted molar refractivity (Wildman–Crippen MR) is 62.5 cm³/mol. The highest BCUT2D eigenvalue weighted by atomic mass is 79.9. The van der Waals surface area contributed by atoms with Crippen molar-refractivity contribution >= 4 is 32.3 Å². The number of nitrogens with one attached hydrogen (secondary N) is 1. The molecule has 0 radical (unpaired) electrons. The third-order valence-corrected chi connectivity index (χ3v) is 3.72. The van der Waals surface area contributed by atoms with Crippen LogP contribution in [-0.2, 0) is 0 Å². The van der Waals surface area contributed by atoms with E-state index in [1.807, 2.05) is 7.05 Å². The summed E-state index contributed by atoms with van der Waals surface area (Å²) in [6, 6.07) is 1.41. The molecule has 0 aliphatic carbocycles. The summed E-state index contributed by atoms with van der Waals surface area (Å²) in [4.78, 5) is 8.04. The Morgan fingerprint density at radius 1 is 1.47 bits per heavy atom. The van der Waals surface area contributed by atoms with Gasteiger partial charge >= 0.3 is 0 Å². The molecule has 0 spiro atoms. The van der Waals surface area contributed by atoms with Gasteiger partial charge in [0, 0.05) is 18.8 Å². The first-order valence-corrected chi connectivity index (χ1v) is 5.76. The van der Waals surface area contributed by atoms with Crippen LogP contribution in [0.2, 0.25) is 0 Å². The fraction of sp³-hybridized carbons (Fsp3) is 0.111. The Morgan fingerprint density at radius 2 is 2.27 bits per heavy atom. The standard InChI is InChI=1S/C9H7BrFN3S/c1-12-9-7(10)14-8(15-9)5-2-6(11)4-13-3-5/h2-4,12H,1H3. The summed E-state index contributed by atoms with van der Waals surface area (Å²) in [5.74, 6) is -0.357. The molecule has 1 N–H and O–H groups in total. The average molecular weight is 288 g/mol. The molecule has 2 heterocycles. The lowest BCUT2D eigenvalue weighted by molar-refractivity contribution is 0.622. The molecule has 2 rings (SSSR count). The third-order valence-electron chi connectivity index (χ3n) is 1.76. The van der Waals surface area contributed by atoms with Crippen molar-refractivity contribution in [3.63, 3.8) is 0 Å². The van der Waals surface area contributed by atoms with Gasteiger partial charge < -0.3 is 5.32 Å². The van der Waals surface area contributed by atoms with Crippen molar-refractivity contribution in [3.05, 3.63) is 28.9 Å². The Kier molecular flexibility index (Phi) is 2.97. The van der Waals surface area contributed by atoms with E-state index in [1.54, 1.807) is 6.20 Å². The summed E-state index contributed by atoms with van der Waals surface area (Å²) in [6.07, 6.45) is 2.76. The van der Waals surface area contributed by atoms with E-state index in [0.717, 1.165) is 14.6 Å². The van der Waals surface area contributed by atoms with Crippen LogP contribution in [0.3, 0.4) is 0 Å². The molecule has 0 aliphatic rings. The SMILES string of the molecule is CNc1sc(-c2cncc(F)c2)nc1Br. The smallest absolute Gasteiger partial charge is 0.142 e. The number of hydrogen-bond donors (Lipinski definition) is 1. The van der Waals surface area contributed by atoms with Crippen LogP contribution in [0.25, 0.3) is 10.6 Å². The Labute approximate surface area is 98.5 Å². The summed E-state index contributed by atoms with van der Waals surface area (Å²) in [7, 11) is 1.81. The van der Waals surface area contributed by atoms with Crippen molar-refractivity contribution in [3.8, 4) is 10.6 Å². The van der Waals surface area contributed by atoms with E-state index in [2.05, 4.69) is 31.2 Å². The zero-order valence-electron chi connectivity index (χ0n) is 7.79. The Bertz CT molecular complexity index is 486. The average Bonchev–Trinajstić information content (AvgIpc) is 2.60. The number of thiazole rings is 1. The van der Waals surface area contributed by atoms with E-state index in [0.29, 0.717) is 5.56 Å². The summed E-state index contributed by atoms with van der Waals surface area (Å²) in [6.45, 7) is 0. The molecule has 2 aromatic heterocycles. The topological polar surface area (TPSA) is 37.8 Å². The van der Waals surface area contributed by atoms with Gasteiger partial charge in [0.25, 0.3) is 0 Å². The van der Waals surface area contributed by atoms with Gasteiger partial charge in [-0.25, -0.2) is 9.37 Å². The molecule has 0 aromatic carbocycles. The van der Waals surface area contributed by atoms with E-state index in [9.17, 15) is 4.39 Å². The lowest BCUT2D eigenvalue weighted by Gasteiger charge is -1.94. The van der Waals surface area contributed by atoms with Gasteiger partial charge in [-0.3, -0.25) is 4.98 Å². The summed E-state index contributed by atoms with van der Waals surface area (Å²) in [5.41, 5.74) is 0.683. The third kappa shape index (κ3) is 2.15. The van der Waals surface area contributed by atoms with Crippen molar-refractivity contribution in [2.75, 3.05) is 12.4 Å². The largest absolute Gasteiger partial charge is 0.378 e. The van der Waals surface area contributed by atoms with Gasteiger partial charge in [0.15, 0.2) is 0 Å². The number of nitrogens with zero attached hydrogens (tertiary/aromatic N) is 2. The van der Waals surface area contributed by atoms with E-state index >= 15 is 0 Å². The molecular formula is C9H7BrFN3S. The number of rotatable bonds is 2. The molecular weight excluding hydrogens is 281 g/mol. The number of pyridine rings is 1. The van der Waals surface area contributed by atoms with Gasteiger partial charge in [0.1, 0.15) is 20.4 Å². The lowest BCUT2D eigenvalue weighted by Crippen LogP contribution is -1.82. The van der Waals surface area contributed by atoms with E-state index in [1.165, 1.54) is 23.6 Å². The number of halogens is 2. The highest BCUT2D eigenvalue weighted by Gasteiger charge is 2.09. The first-order valence-electron chi connectivity index (χ1n) is 4.15. The predicted octanol–water partition coefficient (Wildman–Crippen LogP) is 3.15. The summed E-state index contributed by atoms with van der Waals surface area (Å²) < 4.78 is 13.7. The van der Waals surface area contributed by atoms with E-state index in [-0.39, 0.29) is 5.82 Å².